The first-order valence-electron chi connectivity index (χ1n) is 4.00. The van der Waals surface area contributed by atoms with Gasteiger partial charge in [-0.25, -0.2) is 4.39 Å². The number of alkyl halides is 4. The molecular weight excluding hydrogens is 190 g/mol. The van der Waals surface area contributed by atoms with Gasteiger partial charge in [0.25, 0.3) is 0 Å². The number of rotatable bonds is 2. The van der Waals surface area contributed by atoms with E-state index in [1.54, 1.807) is 0 Å². The predicted octanol–water partition coefficient (Wildman–Crippen LogP) is 1.22. The van der Waals surface area contributed by atoms with E-state index in [4.69, 9.17) is 4.74 Å². The number of halogens is 4. The van der Waals surface area contributed by atoms with Crippen LogP contribution in [0.25, 0.3) is 0 Å². The quantitative estimate of drug-likeness (QED) is 0.623. The molecule has 0 spiro atoms. The van der Waals surface area contributed by atoms with Crippen LogP contribution in [-0.4, -0.2) is 50.1 Å². The van der Waals surface area contributed by atoms with Crippen molar-refractivity contribution in [3.63, 3.8) is 0 Å². The van der Waals surface area contributed by atoms with Gasteiger partial charge in [-0.2, -0.15) is 13.2 Å². The molecule has 1 atom stereocenters. The van der Waals surface area contributed by atoms with Crippen molar-refractivity contribution in [3.05, 3.63) is 0 Å². The van der Waals surface area contributed by atoms with Crippen molar-refractivity contribution >= 4 is 0 Å². The second kappa shape index (κ2) is 4.23. The lowest BCUT2D eigenvalue weighted by Crippen LogP contribution is -2.53. The number of hydrogen-bond acceptors (Lipinski definition) is 2. The molecule has 1 heterocycles. The van der Waals surface area contributed by atoms with Gasteiger partial charge >= 0.3 is 6.18 Å². The zero-order valence-electron chi connectivity index (χ0n) is 6.98. The molecule has 1 fully saturated rings. The van der Waals surface area contributed by atoms with Crippen LogP contribution in [0.1, 0.15) is 0 Å². The Balaban J connectivity index is 2.56. The summed E-state index contributed by atoms with van der Waals surface area (Å²) in [5.74, 6) is 0. The Kier molecular flexibility index (Phi) is 3.49. The molecule has 0 aromatic carbocycles. The molecule has 6 heteroatoms. The Morgan fingerprint density at radius 1 is 1.38 bits per heavy atom. The minimum atomic E-state index is -4.32. The van der Waals surface area contributed by atoms with E-state index in [0.29, 0.717) is 0 Å². The van der Waals surface area contributed by atoms with E-state index in [1.807, 2.05) is 0 Å². The van der Waals surface area contributed by atoms with Crippen molar-refractivity contribution in [2.24, 2.45) is 0 Å². The summed E-state index contributed by atoms with van der Waals surface area (Å²) in [6, 6.07) is -1.64. The van der Waals surface area contributed by atoms with Gasteiger partial charge in [-0.3, -0.25) is 4.90 Å². The normalized spacial score (nSPS) is 26.3. The molecule has 78 valence electrons. The van der Waals surface area contributed by atoms with Crippen LogP contribution < -0.4 is 0 Å². The Hall–Kier alpha value is -0.360. The highest BCUT2D eigenvalue weighted by atomic mass is 19.4. The molecule has 0 bridgehead atoms. The topological polar surface area (TPSA) is 12.5 Å². The molecule has 1 aliphatic rings. The monoisotopic (exact) mass is 201 g/mol. The third-order valence-corrected chi connectivity index (χ3v) is 1.99. The molecule has 1 unspecified atom stereocenters. The zero-order chi connectivity index (χ0) is 9.90. The third kappa shape index (κ3) is 2.80. The molecule has 0 N–H and O–H groups in total. The van der Waals surface area contributed by atoms with E-state index < -0.39 is 18.9 Å². The Morgan fingerprint density at radius 3 is 2.62 bits per heavy atom. The van der Waals surface area contributed by atoms with Crippen LogP contribution in [0.5, 0.6) is 0 Å². The molecule has 1 aliphatic heterocycles. The molecule has 1 saturated heterocycles. The highest BCUT2D eigenvalue weighted by Gasteiger charge is 2.44. The van der Waals surface area contributed by atoms with E-state index >= 15 is 0 Å². The lowest BCUT2D eigenvalue weighted by Gasteiger charge is -2.35. The summed E-state index contributed by atoms with van der Waals surface area (Å²) in [5.41, 5.74) is 0. The molecule has 0 saturated carbocycles. The summed E-state index contributed by atoms with van der Waals surface area (Å²) in [4.78, 5) is 1.07. The fourth-order valence-electron chi connectivity index (χ4n) is 1.32. The maximum atomic E-state index is 12.3. The summed E-state index contributed by atoms with van der Waals surface area (Å²) in [7, 11) is 0. The number of nitrogens with zero attached hydrogens (tertiary/aromatic N) is 1. The van der Waals surface area contributed by atoms with E-state index in [-0.39, 0.29) is 26.3 Å². The van der Waals surface area contributed by atoms with Crippen LogP contribution in [0.3, 0.4) is 0 Å². The van der Waals surface area contributed by atoms with Gasteiger partial charge in [-0.1, -0.05) is 0 Å². The van der Waals surface area contributed by atoms with Crippen LogP contribution in [-0.2, 0) is 4.74 Å². The lowest BCUT2D eigenvalue weighted by molar-refractivity contribution is -0.211. The molecule has 0 aromatic heterocycles. The second-order valence-corrected chi connectivity index (χ2v) is 2.86. The third-order valence-electron chi connectivity index (χ3n) is 1.99. The van der Waals surface area contributed by atoms with Gasteiger partial charge in [-0.05, 0) is 0 Å². The van der Waals surface area contributed by atoms with E-state index in [9.17, 15) is 17.6 Å². The molecule has 2 nitrogen and oxygen atoms in total. The van der Waals surface area contributed by atoms with Crippen molar-refractivity contribution < 1.29 is 22.3 Å². The molecular formula is C7H11F4NO. The maximum absolute atomic E-state index is 12.3. The smallest absolute Gasteiger partial charge is 0.378 e. The van der Waals surface area contributed by atoms with Gasteiger partial charge in [0, 0.05) is 13.1 Å². The summed E-state index contributed by atoms with van der Waals surface area (Å²) in [5, 5.41) is 0. The Morgan fingerprint density at radius 2 is 2.08 bits per heavy atom. The van der Waals surface area contributed by atoms with Crippen LogP contribution in [0.2, 0.25) is 0 Å². The van der Waals surface area contributed by atoms with Gasteiger partial charge < -0.3 is 4.74 Å². The molecule has 13 heavy (non-hydrogen) atoms. The van der Waals surface area contributed by atoms with Gasteiger partial charge in [0.1, 0.15) is 12.7 Å². The fraction of sp³-hybridized carbons (Fsp3) is 1.00. The lowest BCUT2D eigenvalue weighted by atomic mass is 10.2. The summed E-state index contributed by atoms with van der Waals surface area (Å²) >= 11 is 0. The van der Waals surface area contributed by atoms with Crippen molar-refractivity contribution in [1.82, 2.24) is 4.90 Å². The summed E-state index contributed by atoms with van der Waals surface area (Å²) in [6.07, 6.45) is -4.32. The minimum Gasteiger partial charge on any atom is -0.378 e. The van der Waals surface area contributed by atoms with Gasteiger partial charge in [-0.15, -0.1) is 0 Å². The summed E-state index contributed by atoms with van der Waals surface area (Å²) < 4.78 is 53.4. The predicted molar refractivity (Wildman–Crippen MR) is 38.2 cm³/mol. The van der Waals surface area contributed by atoms with Gasteiger partial charge in [0.15, 0.2) is 0 Å². The first-order chi connectivity index (χ1) is 6.05. The molecule has 0 radical (unpaired) electrons. The van der Waals surface area contributed by atoms with Crippen molar-refractivity contribution in [2.45, 2.75) is 12.2 Å². The molecule has 0 aromatic rings. The van der Waals surface area contributed by atoms with E-state index in [2.05, 4.69) is 0 Å². The SMILES string of the molecule is FCCN1CCOCC1C(F)(F)F. The second-order valence-electron chi connectivity index (χ2n) is 2.86. The van der Waals surface area contributed by atoms with Crippen molar-refractivity contribution in [2.75, 3.05) is 33.0 Å². The van der Waals surface area contributed by atoms with Crippen LogP contribution in [0, 0.1) is 0 Å². The molecule has 1 rings (SSSR count). The van der Waals surface area contributed by atoms with Crippen LogP contribution >= 0.6 is 0 Å². The number of ether oxygens (including phenoxy) is 1. The summed E-state index contributed by atoms with van der Waals surface area (Å²) in [6.45, 7) is -0.926. The van der Waals surface area contributed by atoms with E-state index in [1.165, 1.54) is 0 Å². The first-order valence-corrected chi connectivity index (χ1v) is 4.00. The van der Waals surface area contributed by atoms with Gasteiger partial charge in [0.2, 0.25) is 0 Å². The maximum Gasteiger partial charge on any atom is 0.406 e. The Bertz CT molecular complexity index is 159. The van der Waals surface area contributed by atoms with Crippen molar-refractivity contribution in [1.29, 1.82) is 0 Å². The minimum absolute atomic E-state index is 0.147. The van der Waals surface area contributed by atoms with Gasteiger partial charge in [0.05, 0.1) is 13.2 Å². The standard InChI is InChI=1S/C7H11F4NO/c8-1-2-12-3-4-13-5-6(12)7(9,10)11/h6H,1-5H2. The first kappa shape index (κ1) is 10.7. The zero-order valence-corrected chi connectivity index (χ0v) is 6.98. The van der Waals surface area contributed by atoms with E-state index in [0.717, 1.165) is 4.90 Å². The number of morpholine rings is 1. The Labute approximate surface area is 73.5 Å². The van der Waals surface area contributed by atoms with Crippen molar-refractivity contribution in [3.8, 4) is 0 Å². The fourth-order valence-corrected chi connectivity index (χ4v) is 1.32. The average molecular weight is 201 g/mol. The van der Waals surface area contributed by atoms with Crippen LogP contribution in [0.15, 0.2) is 0 Å². The highest BCUT2D eigenvalue weighted by Crippen LogP contribution is 2.26. The average Bonchev–Trinajstić information content (AvgIpc) is 2.04. The number of hydrogen-bond donors (Lipinski definition) is 0. The van der Waals surface area contributed by atoms with Crippen LogP contribution in [0.4, 0.5) is 17.6 Å². The molecule has 0 aliphatic carbocycles. The molecule has 0 amide bonds. The highest BCUT2D eigenvalue weighted by molar-refractivity contribution is 4.81. The largest absolute Gasteiger partial charge is 0.406 e.